The van der Waals surface area contributed by atoms with E-state index in [9.17, 15) is 19.8 Å². The molecule has 3 rings (SSSR count). The number of benzene rings is 2. The molecule has 1 aliphatic rings. The first-order chi connectivity index (χ1) is 17.6. The quantitative estimate of drug-likeness (QED) is 0.220. The van der Waals surface area contributed by atoms with Crippen molar-refractivity contribution in [2.24, 2.45) is 0 Å². The minimum absolute atomic E-state index is 0. The van der Waals surface area contributed by atoms with E-state index < -0.39 is 5.97 Å². The number of nitrogens with zero attached hydrogens (tertiary/aromatic N) is 2. The molecule has 0 saturated heterocycles. The van der Waals surface area contributed by atoms with Gasteiger partial charge in [-0.2, -0.15) is 0 Å². The van der Waals surface area contributed by atoms with Crippen molar-refractivity contribution >= 4 is 28.9 Å². The number of ether oxygens (including phenoxy) is 1. The summed E-state index contributed by atoms with van der Waals surface area (Å²) in [6.07, 6.45) is 10.3. The number of carbonyl (C=O) groups is 2. The Balaban J connectivity index is 0.00000507. The molecule has 38 heavy (non-hydrogen) atoms. The van der Waals surface area contributed by atoms with Crippen molar-refractivity contribution in [3.63, 3.8) is 0 Å². The Kier molecular flexibility index (Phi) is 11.3. The maximum atomic E-state index is 13.6. The molecule has 0 radical (unpaired) electrons. The van der Waals surface area contributed by atoms with Gasteiger partial charge >= 0.3 is 24.8 Å². The van der Waals surface area contributed by atoms with Crippen LogP contribution < -0.4 is 28.5 Å². The van der Waals surface area contributed by atoms with E-state index in [0.29, 0.717) is 0 Å². The van der Waals surface area contributed by atoms with E-state index >= 15 is 0 Å². The molecule has 0 spiro atoms. The zero-order chi connectivity index (χ0) is 27.1. The molecular weight excluding hydrogens is 475 g/mol. The number of phenols is 2. The Morgan fingerprint density at radius 2 is 1.61 bits per heavy atom. The largest absolute Gasteiger partial charge is 1.00 e. The number of hydrogen-bond acceptors (Lipinski definition) is 5. The topological polar surface area (TPSA) is 101 Å². The second kappa shape index (κ2) is 13.9. The maximum Gasteiger partial charge on any atom is 1.00 e. The molecule has 1 amide bonds. The van der Waals surface area contributed by atoms with Crippen LogP contribution in [0.3, 0.4) is 0 Å². The fourth-order valence-corrected chi connectivity index (χ4v) is 4.09. The Hall–Kier alpha value is -3.40. The van der Waals surface area contributed by atoms with E-state index in [1.165, 1.54) is 41.2 Å². The molecule has 1 aliphatic heterocycles. The number of aromatic hydroxyl groups is 2. The van der Waals surface area contributed by atoms with Crippen molar-refractivity contribution < 1.29 is 43.4 Å². The number of amides is 1. The molecule has 0 aromatic heterocycles. The normalized spacial score (nSPS) is 13.0. The third-order valence-corrected chi connectivity index (χ3v) is 6.04. The molecule has 1 heterocycles. The number of carbonyl (C=O) groups excluding carboxylic acids is 2. The summed E-state index contributed by atoms with van der Waals surface area (Å²) in [5.74, 6) is -1.31. The van der Waals surface area contributed by atoms with Crippen molar-refractivity contribution in [3.05, 3.63) is 76.2 Å². The monoisotopic (exact) mass is 510 g/mol. The first-order valence-corrected chi connectivity index (χ1v) is 12.4. The second-order valence-corrected chi connectivity index (χ2v) is 9.57. The van der Waals surface area contributed by atoms with Crippen molar-refractivity contribution in [2.45, 2.75) is 60.3 Å². The first kappa shape index (κ1) is 30.8. The van der Waals surface area contributed by atoms with Gasteiger partial charge in [-0.25, -0.2) is 0 Å². The molecule has 196 valence electrons. The van der Waals surface area contributed by atoms with Gasteiger partial charge in [0.05, 0.1) is 0 Å². The number of esters is 1. The third-order valence-electron chi connectivity index (χ3n) is 6.04. The van der Waals surface area contributed by atoms with Gasteiger partial charge in [-0.15, -0.1) is 0 Å². The van der Waals surface area contributed by atoms with Crippen LogP contribution in [-0.2, 0) is 4.79 Å². The first-order valence-electron chi connectivity index (χ1n) is 12.4. The number of rotatable bonds is 9. The number of para-hydroxylation sites is 1. The molecular formula is C30H35LiN2O5. The minimum atomic E-state index is -0.595. The van der Waals surface area contributed by atoms with Crippen molar-refractivity contribution in [1.82, 2.24) is 0 Å². The van der Waals surface area contributed by atoms with Gasteiger partial charge in [0.2, 0.25) is 0 Å². The predicted molar refractivity (Wildman–Crippen MR) is 147 cm³/mol. The Morgan fingerprint density at radius 1 is 0.947 bits per heavy atom. The van der Waals surface area contributed by atoms with Crippen LogP contribution in [0.2, 0.25) is 0 Å². The van der Waals surface area contributed by atoms with E-state index in [1.807, 2.05) is 13.0 Å². The summed E-state index contributed by atoms with van der Waals surface area (Å²) in [5.41, 5.74) is 4.57. The summed E-state index contributed by atoms with van der Waals surface area (Å²) in [7, 11) is 0. The maximum absolute atomic E-state index is 13.6. The molecule has 0 atom stereocenters. The molecule has 2 aromatic carbocycles. The van der Waals surface area contributed by atoms with Gasteiger partial charge < -0.3 is 25.2 Å². The van der Waals surface area contributed by atoms with Gasteiger partial charge in [0.1, 0.15) is 17.2 Å². The Labute approximate surface area is 237 Å². The van der Waals surface area contributed by atoms with Gasteiger partial charge in [0, 0.05) is 36.9 Å². The average Bonchev–Trinajstić information content (AvgIpc) is 2.92. The van der Waals surface area contributed by atoms with Crippen molar-refractivity contribution in [2.75, 3.05) is 11.4 Å². The van der Waals surface area contributed by atoms with E-state index in [4.69, 9.17) is 4.74 Å². The van der Waals surface area contributed by atoms with Crippen LogP contribution in [0.25, 0.3) is 5.32 Å². The minimum Gasteiger partial charge on any atom is -0.650 e. The van der Waals surface area contributed by atoms with Crippen LogP contribution in [0.5, 0.6) is 17.2 Å². The van der Waals surface area contributed by atoms with Gasteiger partial charge in [0.25, 0.3) is 5.91 Å². The van der Waals surface area contributed by atoms with Crippen molar-refractivity contribution in [1.29, 1.82) is 0 Å². The number of anilines is 1. The van der Waals surface area contributed by atoms with Crippen molar-refractivity contribution in [3.8, 4) is 17.2 Å². The van der Waals surface area contributed by atoms with E-state index in [-0.39, 0.29) is 71.2 Å². The third kappa shape index (κ3) is 8.05. The Morgan fingerprint density at radius 3 is 2.26 bits per heavy atom. The second-order valence-electron chi connectivity index (χ2n) is 9.57. The molecule has 0 saturated carbocycles. The van der Waals surface area contributed by atoms with Gasteiger partial charge in [-0.3, -0.25) is 9.59 Å². The van der Waals surface area contributed by atoms with E-state index in [2.05, 4.69) is 38.2 Å². The van der Waals surface area contributed by atoms with Crippen LogP contribution in [0.1, 0.15) is 70.7 Å². The molecule has 7 nitrogen and oxygen atoms in total. The number of hydrogen-bond donors (Lipinski definition) is 2. The molecule has 2 aromatic rings. The molecule has 0 fully saturated rings. The SMILES string of the molecule is CC(=O)Oc1cc(O)cc2c1[N-]c1c(O)cccc1C(=O)N2C/C=C(\C)CC/C=C(\C)CCC=C(C)C.[Li+]. The predicted octanol–water partition coefficient (Wildman–Crippen LogP) is 4.74. The van der Waals surface area contributed by atoms with Gasteiger partial charge in [-0.1, -0.05) is 58.5 Å². The summed E-state index contributed by atoms with van der Waals surface area (Å²) in [5, 5.41) is 25.3. The van der Waals surface area contributed by atoms with Crippen LogP contribution in [0.4, 0.5) is 17.1 Å². The summed E-state index contributed by atoms with van der Waals surface area (Å²) >= 11 is 0. The molecule has 0 bridgehead atoms. The van der Waals surface area contributed by atoms with Gasteiger partial charge in [-0.05, 0) is 59.4 Å². The average molecular weight is 511 g/mol. The number of phenolic OH excluding ortho intramolecular Hbond substituents is 2. The summed E-state index contributed by atoms with van der Waals surface area (Å²) < 4.78 is 5.29. The zero-order valence-electron chi connectivity index (χ0n) is 23.2. The van der Waals surface area contributed by atoms with E-state index in [1.54, 1.807) is 12.1 Å². The van der Waals surface area contributed by atoms with Crippen LogP contribution in [0.15, 0.2) is 65.3 Å². The summed E-state index contributed by atoms with van der Waals surface area (Å²) in [6.45, 7) is 9.84. The van der Waals surface area contributed by atoms with Crippen LogP contribution in [0, 0.1) is 0 Å². The fourth-order valence-electron chi connectivity index (χ4n) is 4.09. The fraction of sp³-hybridized carbons (Fsp3) is 0.333. The summed E-state index contributed by atoms with van der Waals surface area (Å²) in [4.78, 5) is 26.8. The van der Waals surface area contributed by atoms with Crippen LogP contribution in [-0.4, -0.2) is 28.6 Å². The zero-order valence-corrected chi connectivity index (χ0v) is 23.2. The summed E-state index contributed by atoms with van der Waals surface area (Å²) in [6, 6.07) is 7.29. The van der Waals surface area contributed by atoms with Gasteiger partial charge in [0.15, 0.2) is 0 Å². The van der Waals surface area contributed by atoms with Crippen LogP contribution >= 0.6 is 0 Å². The number of allylic oxidation sites excluding steroid dienone is 5. The van der Waals surface area contributed by atoms with E-state index in [0.717, 1.165) is 31.3 Å². The molecule has 8 heteroatoms. The molecule has 0 aliphatic carbocycles. The standard InChI is InChI=1S/C30H36N2O5.Li/c1-19(2)9-6-10-20(3)11-7-12-21(4)15-16-32-25-17-23(34)18-27(37-22(5)33)29(25)31-28-24(30(32)36)13-8-14-26(28)35;/h8-9,11,13-15,17-18H,6-7,10,12,16H2,1-5H3,(H3,31,34,35,36);/q;+1/p-1/b20-11+,21-15+;. The smallest absolute Gasteiger partial charge is 0.650 e. The number of fused-ring (bicyclic) bond motifs is 2. The Bertz CT molecular complexity index is 1280. The molecule has 0 unspecified atom stereocenters. The molecule has 2 N–H and O–H groups in total.